The SMILES string of the molecule is CC1CCCN(CCN2CCOC2=O)C1. The van der Waals surface area contributed by atoms with Gasteiger partial charge < -0.3 is 14.5 Å². The highest BCUT2D eigenvalue weighted by Crippen LogP contribution is 2.15. The van der Waals surface area contributed by atoms with Gasteiger partial charge >= 0.3 is 6.09 Å². The Morgan fingerprint density at radius 1 is 1.40 bits per heavy atom. The van der Waals surface area contributed by atoms with Gasteiger partial charge in [-0.25, -0.2) is 4.79 Å². The molecule has 1 atom stereocenters. The molecule has 0 N–H and O–H groups in total. The molecule has 4 nitrogen and oxygen atoms in total. The van der Waals surface area contributed by atoms with Gasteiger partial charge in [0.2, 0.25) is 0 Å². The zero-order chi connectivity index (χ0) is 10.7. The van der Waals surface area contributed by atoms with Gasteiger partial charge in [0.05, 0.1) is 6.54 Å². The normalized spacial score (nSPS) is 28.2. The molecule has 2 rings (SSSR count). The van der Waals surface area contributed by atoms with Crippen molar-refractivity contribution in [1.29, 1.82) is 0 Å². The lowest BCUT2D eigenvalue weighted by molar-refractivity contribution is 0.143. The average molecular weight is 212 g/mol. The summed E-state index contributed by atoms with van der Waals surface area (Å²) in [6.07, 6.45) is 2.51. The van der Waals surface area contributed by atoms with Crippen LogP contribution in [0.1, 0.15) is 19.8 Å². The average Bonchev–Trinajstić information content (AvgIpc) is 2.61. The number of cyclic esters (lactones) is 1. The van der Waals surface area contributed by atoms with Gasteiger partial charge in [0.15, 0.2) is 0 Å². The smallest absolute Gasteiger partial charge is 0.409 e. The fourth-order valence-electron chi connectivity index (χ4n) is 2.38. The Bertz CT molecular complexity index is 233. The maximum atomic E-state index is 11.2. The fraction of sp³-hybridized carbons (Fsp3) is 0.909. The lowest BCUT2D eigenvalue weighted by atomic mass is 10.0. The maximum Gasteiger partial charge on any atom is 0.409 e. The summed E-state index contributed by atoms with van der Waals surface area (Å²) in [5, 5.41) is 0. The monoisotopic (exact) mass is 212 g/mol. The van der Waals surface area contributed by atoms with Crippen molar-refractivity contribution in [1.82, 2.24) is 9.80 Å². The van der Waals surface area contributed by atoms with E-state index in [0.717, 1.165) is 25.6 Å². The highest BCUT2D eigenvalue weighted by atomic mass is 16.6. The van der Waals surface area contributed by atoms with E-state index in [0.29, 0.717) is 6.61 Å². The first-order valence-corrected chi connectivity index (χ1v) is 5.90. The Labute approximate surface area is 91.2 Å². The van der Waals surface area contributed by atoms with Crippen LogP contribution in [0.5, 0.6) is 0 Å². The second-order valence-corrected chi connectivity index (χ2v) is 4.65. The molecule has 0 saturated carbocycles. The van der Waals surface area contributed by atoms with E-state index in [1.807, 2.05) is 0 Å². The van der Waals surface area contributed by atoms with Crippen molar-refractivity contribution >= 4 is 6.09 Å². The minimum absolute atomic E-state index is 0.139. The number of carbonyl (C=O) groups excluding carboxylic acids is 1. The fourth-order valence-corrected chi connectivity index (χ4v) is 2.38. The molecule has 2 aliphatic rings. The summed E-state index contributed by atoms with van der Waals surface area (Å²) in [6.45, 7) is 7.83. The first-order valence-electron chi connectivity index (χ1n) is 5.90. The van der Waals surface area contributed by atoms with Crippen molar-refractivity contribution < 1.29 is 9.53 Å². The lowest BCUT2D eigenvalue weighted by Crippen LogP contribution is -2.40. The van der Waals surface area contributed by atoms with Crippen LogP contribution in [0.3, 0.4) is 0 Å². The first kappa shape index (κ1) is 10.7. The topological polar surface area (TPSA) is 32.8 Å². The van der Waals surface area contributed by atoms with E-state index in [1.54, 1.807) is 4.90 Å². The van der Waals surface area contributed by atoms with Crippen LogP contribution in [0.25, 0.3) is 0 Å². The van der Waals surface area contributed by atoms with E-state index in [9.17, 15) is 4.79 Å². The second kappa shape index (κ2) is 4.84. The van der Waals surface area contributed by atoms with Gasteiger partial charge in [0, 0.05) is 19.6 Å². The van der Waals surface area contributed by atoms with Crippen molar-refractivity contribution in [3.8, 4) is 0 Å². The Morgan fingerprint density at radius 2 is 2.27 bits per heavy atom. The number of likely N-dealkylation sites (tertiary alicyclic amines) is 1. The molecule has 0 aromatic rings. The van der Waals surface area contributed by atoms with Crippen molar-refractivity contribution in [2.24, 2.45) is 5.92 Å². The third-order valence-corrected chi connectivity index (χ3v) is 3.27. The third kappa shape index (κ3) is 2.84. The van der Waals surface area contributed by atoms with E-state index in [2.05, 4.69) is 11.8 Å². The van der Waals surface area contributed by atoms with Gasteiger partial charge in [-0.15, -0.1) is 0 Å². The minimum atomic E-state index is -0.139. The number of carbonyl (C=O) groups is 1. The molecule has 15 heavy (non-hydrogen) atoms. The molecule has 0 aromatic heterocycles. The minimum Gasteiger partial charge on any atom is -0.448 e. The van der Waals surface area contributed by atoms with Crippen molar-refractivity contribution in [2.45, 2.75) is 19.8 Å². The molecule has 86 valence electrons. The summed E-state index contributed by atoms with van der Waals surface area (Å²) in [5.74, 6) is 0.810. The third-order valence-electron chi connectivity index (χ3n) is 3.27. The zero-order valence-corrected chi connectivity index (χ0v) is 9.45. The molecule has 2 aliphatic heterocycles. The summed E-state index contributed by atoms with van der Waals surface area (Å²) in [5.41, 5.74) is 0. The van der Waals surface area contributed by atoms with Gasteiger partial charge in [0.25, 0.3) is 0 Å². The molecule has 0 bridgehead atoms. The number of rotatable bonds is 3. The Hall–Kier alpha value is -0.770. The molecular formula is C11H20N2O2. The second-order valence-electron chi connectivity index (χ2n) is 4.65. The van der Waals surface area contributed by atoms with Crippen LogP contribution in [0.15, 0.2) is 0 Å². The highest BCUT2D eigenvalue weighted by Gasteiger charge is 2.23. The van der Waals surface area contributed by atoms with Crippen LogP contribution in [0, 0.1) is 5.92 Å². The summed E-state index contributed by atoms with van der Waals surface area (Å²) in [6, 6.07) is 0. The molecule has 0 radical (unpaired) electrons. The van der Waals surface area contributed by atoms with Crippen molar-refractivity contribution in [3.63, 3.8) is 0 Å². The summed E-state index contributed by atoms with van der Waals surface area (Å²) in [7, 11) is 0. The Morgan fingerprint density at radius 3 is 2.93 bits per heavy atom. The molecule has 0 spiro atoms. The van der Waals surface area contributed by atoms with Gasteiger partial charge in [-0.1, -0.05) is 6.92 Å². The van der Waals surface area contributed by atoms with E-state index in [1.165, 1.54) is 25.9 Å². The molecule has 1 amide bonds. The molecule has 0 aromatic carbocycles. The Kier molecular flexibility index (Phi) is 3.46. The summed E-state index contributed by atoms with van der Waals surface area (Å²) >= 11 is 0. The molecule has 0 aliphatic carbocycles. The predicted molar refractivity (Wildman–Crippen MR) is 57.8 cm³/mol. The van der Waals surface area contributed by atoms with E-state index < -0.39 is 0 Å². The van der Waals surface area contributed by atoms with Gasteiger partial charge in [-0.2, -0.15) is 0 Å². The molecule has 2 heterocycles. The molecule has 2 saturated heterocycles. The standard InChI is InChI=1S/C11H20N2O2/c1-10-3-2-4-12(9-10)5-6-13-7-8-15-11(13)14/h10H,2-9H2,1H3. The van der Waals surface area contributed by atoms with Gasteiger partial charge in [-0.3, -0.25) is 0 Å². The van der Waals surface area contributed by atoms with Gasteiger partial charge in [-0.05, 0) is 25.3 Å². The lowest BCUT2D eigenvalue weighted by Gasteiger charge is -2.31. The van der Waals surface area contributed by atoms with Crippen molar-refractivity contribution in [2.75, 3.05) is 39.3 Å². The zero-order valence-electron chi connectivity index (χ0n) is 9.45. The maximum absolute atomic E-state index is 11.2. The largest absolute Gasteiger partial charge is 0.448 e. The number of amides is 1. The number of hydrogen-bond donors (Lipinski definition) is 0. The van der Waals surface area contributed by atoms with Crippen LogP contribution in [0.2, 0.25) is 0 Å². The van der Waals surface area contributed by atoms with Crippen LogP contribution in [-0.4, -0.2) is 55.2 Å². The quantitative estimate of drug-likeness (QED) is 0.704. The summed E-state index contributed by atoms with van der Waals surface area (Å²) in [4.78, 5) is 15.5. The molecule has 1 unspecified atom stereocenters. The van der Waals surface area contributed by atoms with E-state index in [4.69, 9.17) is 4.74 Å². The van der Waals surface area contributed by atoms with Crippen LogP contribution in [-0.2, 0) is 4.74 Å². The van der Waals surface area contributed by atoms with E-state index >= 15 is 0 Å². The molecule has 4 heteroatoms. The summed E-state index contributed by atoms with van der Waals surface area (Å²) < 4.78 is 4.89. The predicted octanol–water partition coefficient (Wildman–Crippen LogP) is 1.17. The number of nitrogens with zero attached hydrogens (tertiary/aromatic N) is 2. The first-order chi connectivity index (χ1) is 7.25. The molecule has 2 fully saturated rings. The van der Waals surface area contributed by atoms with Crippen LogP contribution >= 0.6 is 0 Å². The van der Waals surface area contributed by atoms with Crippen LogP contribution in [0.4, 0.5) is 4.79 Å². The van der Waals surface area contributed by atoms with E-state index in [-0.39, 0.29) is 6.09 Å². The highest BCUT2D eigenvalue weighted by molar-refractivity contribution is 5.69. The number of hydrogen-bond acceptors (Lipinski definition) is 3. The number of piperidine rings is 1. The van der Waals surface area contributed by atoms with Crippen molar-refractivity contribution in [3.05, 3.63) is 0 Å². The Balaban J connectivity index is 1.70. The van der Waals surface area contributed by atoms with Crippen LogP contribution < -0.4 is 0 Å². The van der Waals surface area contributed by atoms with Gasteiger partial charge in [0.1, 0.15) is 6.61 Å². The molecular weight excluding hydrogens is 192 g/mol. The number of ether oxygens (including phenoxy) is 1.